The van der Waals surface area contributed by atoms with Crippen LogP contribution in [0.1, 0.15) is 21.7 Å². The van der Waals surface area contributed by atoms with Crippen LogP contribution in [0.4, 0.5) is 11.6 Å². The molecule has 0 aliphatic heterocycles. The van der Waals surface area contributed by atoms with Crippen molar-refractivity contribution in [3.8, 4) is 5.75 Å². The van der Waals surface area contributed by atoms with Crippen LogP contribution in [-0.2, 0) is 10.0 Å². The maximum atomic E-state index is 12.7. The molecule has 0 aliphatic carbocycles. The molecule has 26 heavy (non-hydrogen) atoms. The maximum absolute atomic E-state index is 12.7. The van der Waals surface area contributed by atoms with E-state index in [-0.39, 0.29) is 21.9 Å². The Morgan fingerprint density at radius 2 is 1.77 bits per heavy atom. The van der Waals surface area contributed by atoms with Gasteiger partial charge >= 0.3 is 0 Å². The Kier molecular flexibility index (Phi) is 5.36. The number of ether oxygens (including phenoxy) is 1. The third-order valence-corrected chi connectivity index (χ3v) is 4.99. The highest BCUT2D eigenvalue weighted by atomic mass is 32.2. The number of carbonyl (C=O) groups is 1. The van der Waals surface area contributed by atoms with E-state index < -0.39 is 15.9 Å². The smallest absolute Gasteiger partial charge is 0.262 e. The Morgan fingerprint density at radius 1 is 1.19 bits per heavy atom. The van der Waals surface area contributed by atoms with Gasteiger partial charge in [-0.3, -0.25) is 9.52 Å². The van der Waals surface area contributed by atoms with Gasteiger partial charge in [0.2, 0.25) is 5.95 Å². The van der Waals surface area contributed by atoms with Crippen LogP contribution in [0, 0.1) is 13.8 Å². The molecule has 0 saturated carbocycles. The van der Waals surface area contributed by atoms with Crippen molar-refractivity contribution >= 4 is 27.6 Å². The molecule has 9 nitrogen and oxygen atoms in total. The molecule has 1 heterocycles. The number of hydrogen-bond donors (Lipinski definition) is 2. The van der Waals surface area contributed by atoms with Gasteiger partial charge in [-0.15, -0.1) is 0 Å². The van der Waals surface area contributed by atoms with Gasteiger partial charge in [0.05, 0.1) is 34.6 Å². The van der Waals surface area contributed by atoms with Crippen LogP contribution >= 0.6 is 0 Å². The number of anilines is 2. The summed E-state index contributed by atoms with van der Waals surface area (Å²) in [5, 5.41) is 0. The van der Waals surface area contributed by atoms with Gasteiger partial charge in [0, 0.05) is 14.1 Å². The molecule has 0 fully saturated rings. The molecule has 0 unspecified atom stereocenters. The molecule has 0 atom stereocenters. The van der Waals surface area contributed by atoms with E-state index in [9.17, 15) is 13.2 Å². The first-order valence-electron chi connectivity index (χ1n) is 7.60. The van der Waals surface area contributed by atoms with Crippen molar-refractivity contribution in [3.63, 3.8) is 0 Å². The standard InChI is InChI=1S/C16H21N5O4S/c1-9-14(10(2)19-16(18-9)21(3)4)20-26(23,24)11-6-7-13(25-5)12(8-11)15(17)22/h6-8,20H,1-5H3,(H2,17,22). The largest absolute Gasteiger partial charge is 0.496 e. The fourth-order valence-corrected chi connectivity index (χ4v) is 3.49. The quantitative estimate of drug-likeness (QED) is 0.768. The van der Waals surface area contributed by atoms with Crippen molar-refractivity contribution in [1.82, 2.24) is 9.97 Å². The molecule has 1 amide bonds. The van der Waals surface area contributed by atoms with E-state index >= 15 is 0 Å². The van der Waals surface area contributed by atoms with Crippen LogP contribution in [0.3, 0.4) is 0 Å². The van der Waals surface area contributed by atoms with Gasteiger partial charge in [-0.1, -0.05) is 0 Å². The number of benzene rings is 1. The number of methoxy groups -OCH3 is 1. The molecule has 1 aromatic carbocycles. The van der Waals surface area contributed by atoms with Crippen LogP contribution in [0.25, 0.3) is 0 Å². The number of nitrogens with one attached hydrogen (secondary N) is 1. The number of hydrogen-bond acceptors (Lipinski definition) is 7. The van der Waals surface area contributed by atoms with Crippen molar-refractivity contribution in [2.45, 2.75) is 18.7 Å². The number of aromatic nitrogens is 2. The summed E-state index contributed by atoms with van der Waals surface area (Å²) in [5.41, 5.74) is 6.51. The first kappa shape index (κ1) is 19.4. The Bertz CT molecular complexity index is 934. The lowest BCUT2D eigenvalue weighted by molar-refractivity contribution is 0.0997. The highest BCUT2D eigenvalue weighted by molar-refractivity contribution is 7.92. The fraction of sp³-hybridized carbons (Fsp3) is 0.312. The highest BCUT2D eigenvalue weighted by Crippen LogP contribution is 2.26. The Hall–Kier alpha value is -2.88. The Balaban J connectivity index is 2.47. The lowest BCUT2D eigenvalue weighted by atomic mass is 10.2. The zero-order valence-electron chi connectivity index (χ0n) is 15.2. The van der Waals surface area contributed by atoms with E-state index in [4.69, 9.17) is 10.5 Å². The number of aryl methyl sites for hydroxylation is 2. The topological polar surface area (TPSA) is 128 Å². The van der Waals surface area contributed by atoms with Crippen molar-refractivity contribution in [3.05, 3.63) is 35.2 Å². The fourth-order valence-electron chi connectivity index (χ4n) is 2.29. The van der Waals surface area contributed by atoms with Crippen LogP contribution < -0.4 is 20.1 Å². The van der Waals surface area contributed by atoms with Crippen molar-refractivity contribution in [2.24, 2.45) is 5.73 Å². The number of rotatable bonds is 6. The Labute approximate surface area is 152 Å². The molecule has 0 spiro atoms. The summed E-state index contributed by atoms with van der Waals surface area (Å²) >= 11 is 0. The molecule has 1 aromatic heterocycles. The molecule has 140 valence electrons. The highest BCUT2D eigenvalue weighted by Gasteiger charge is 2.21. The first-order valence-corrected chi connectivity index (χ1v) is 9.08. The number of sulfonamides is 1. The number of nitrogens with two attached hydrogens (primary N) is 1. The van der Waals surface area contributed by atoms with Crippen LogP contribution in [0.2, 0.25) is 0 Å². The number of amides is 1. The monoisotopic (exact) mass is 379 g/mol. The van der Waals surface area contributed by atoms with Crippen LogP contribution in [-0.4, -0.2) is 45.5 Å². The summed E-state index contributed by atoms with van der Waals surface area (Å²) < 4.78 is 33.0. The van der Waals surface area contributed by atoms with Gasteiger partial charge in [0.25, 0.3) is 15.9 Å². The van der Waals surface area contributed by atoms with Crippen LogP contribution in [0.15, 0.2) is 23.1 Å². The van der Waals surface area contributed by atoms with Crippen LogP contribution in [0.5, 0.6) is 5.75 Å². The molecular formula is C16H21N5O4S. The number of nitrogens with zero attached hydrogens (tertiary/aromatic N) is 3. The minimum absolute atomic E-state index is 0.0250. The third-order valence-electron chi connectivity index (χ3n) is 3.64. The molecular weight excluding hydrogens is 358 g/mol. The number of carbonyl (C=O) groups excluding carboxylic acids is 1. The zero-order chi connectivity index (χ0) is 19.6. The minimum atomic E-state index is -3.98. The summed E-state index contributed by atoms with van der Waals surface area (Å²) in [6, 6.07) is 3.87. The average molecular weight is 379 g/mol. The predicted molar refractivity (Wildman–Crippen MR) is 98.2 cm³/mol. The van der Waals surface area contributed by atoms with Crippen molar-refractivity contribution in [2.75, 3.05) is 30.8 Å². The molecule has 0 aliphatic rings. The van der Waals surface area contributed by atoms with Crippen molar-refractivity contribution < 1.29 is 17.9 Å². The normalized spacial score (nSPS) is 11.1. The lowest BCUT2D eigenvalue weighted by Gasteiger charge is -2.17. The van der Waals surface area contributed by atoms with Crippen molar-refractivity contribution in [1.29, 1.82) is 0 Å². The van der Waals surface area contributed by atoms with E-state index in [0.717, 1.165) is 0 Å². The number of primary amides is 1. The maximum Gasteiger partial charge on any atom is 0.262 e. The zero-order valence-corrected chi connectivity index (χ0v) is 16.0. The predicted octanol–water partition coefficient (Wildman–Crippen LogP) is 1.07. The second-order valence-corrected chi connectivity index (χ2v) is 7.48. The minimum Gasteiger partial charge on any atom is -0.496 e. The molecule has 0 bridgehead atoms. The summed E-state index contributed by atoms with van der Waals surface area (Å²) in [5.74, 6) is -0.115. The lowest BCUT2D eigenvalue weighted by Crippen LogP contribution is -2.20. The Morgan fingerprint density at radius 3 is 2.23 bits per heavy atom. The second-order valence-electron chi connectivity index (χ2n) is 5.80. The van der Waals surface area contributed by atoms with Gasteiger partial charge in [0.1, 0.15) is 5.75 Å². The summed E-state index contributed by atoms with van der Waals surface area (Å²) in [6.07, 6.45) is 0. The van der Waals surface area contributed by atoms with E-state index in [0.29, 0.717) is 17.3 Å². The molecule has 2 aromatic rings. The average Bonchev–Trinajstić information content (AvgIpc) is 2.57. The summed E-state index contributed by atoms with van der Waals surface area (Å²) in [7, 11) is 0.971. The van der Waals surface area contributed by atoms with Gasteiger partial charge < -0.3 is 15.4 Å². The van der Waals surface area contributed by atoms with Gasteiger partial charge in [-0.05, 0) is 32.0 Å². The second kappa shape index (κ2) is 7.16. The van der Waals surface area contributed by atoms with E-state index in [2.05, 4.69) is 14.7 Å². The van der Waals surface area contributed by atoms with E-state index in [1.54, 1.807) is 32.8 Å². The van der Waals surface area contributed by atoms with Gasteiger partial charge in [0.15, 0.2) is 0 Å². The van der Waals surface area contributed by atoms with E-state index in [1.165, 1.54) is 25.3 Å². The SMILES string of the molecule is COc1ccc(S(=O)(=O)Nc2c(C)nc(N(C)C)nc2C)cc1C(N)=O. The van der Waals surface area contributed by atoms with E-state index in [1.807, 2.05) is 0 Å². The molecule has 2 rings (SSSR count). The van der Waals surface area contributed by atoms with Gasteiger partial charge in [-0.2, -0.15) is 0 Å². The molecule has 0 radical (unpaired) electrons. The summed E-state index contributed by atoms with van der Waals surface area (Å²) in [4.78, 5) is 21.7. The molecule has 10 heteroatoms. The van der Waals surface area contributed by atoms with Gasteiger partial charge in [-0.25, -0.2) is 18.4 Å². The third kappa shape index (κ3) is 3.85. The molecule has 3 N–H and O–H groups in total. The first-order chi connectivity index (χ1) is 12.1. The molecule has 0 saturated heterocycles. The summed E-state index contributed by atoms with van der Waals surface area (Å²) in [6.45, 7) is 3.37.